The number of benzene rings is 2. The van der Waals surface area contributed by atoms with E-state index in [2.05, 4.69) is 21.2 Å². The van der Waals surface area contributed by atoms with Crippen molar-refractivity contribution in [2.45, 2.75) is 38.6 Å². The third kappa shape index (κ3) is 7.49. The van der Waals surface area contributed by atoms with Crippen LogP contribution in [0.1, 0.15) is 31.4 Å². The lowest BCUT2D eigenvalue weighted by Gasteiger charge is -2.30. The summed E-state index contributed by atoms with van der Waals surface area (Å²) in [5.41, 5.74) is 1.90. The number of nitrogens with one attached hydrogen (secondary N) is 1. The molecule has 0 aliphatic rings. The van der Waals surface area contributed by atoms with Gasteiger partial charge >= 0.3 is 0 Å². The highest BCUT2D eigenvalue weighted by molar-refractivity contribution is 9.10. The number of carbonyl (C=O) groups is 2. The number of halogens is 3. The Balaban J connectivity index is 2.14. The van der Waals surface area contributed by atoms with Crippen LogP contribution in [0, 0.1) is 0 Å². The van der Waals surface area contributed by atoms with E-state index in [1.165, 1.54) is 11.8 Å². The summed E-state index contributed by atoms with van der Waals surface area (Å²) in [5.74, 6) is 0.738. The van der Waals surface area contributed by atoms with Crippen molar-refractivity contribution >= 4 is 62.7 Å². The van der Waals surface area contributed by atoms with Crippen LogP contribution in [0.25, 0.3) is 0 Å². The number of rotatable bonds is 10. The zero-order valence-electron chi connectivity index (χ0n) is 17.0. The van der Waals surface area contributed by atoms with Crippen molar-refractivity contribution in [3.63, 3.8) is 0 Å². The smallest absolute Gasteiger partial charge is 0.242 e. The number of hydrogen-bond acceptors (Lipinski definition) is 3. The fourth-order valence-corrected chi connectivity index (χ4v) is 4.57. The van der Waals surface area contributed by atoms with Crippen LogP contribution in [0.2, 0.25) is 10.0 Å². The van der Waals surface area contributed by atoms with E-state index in [1.807, 2.05) is 38.1 Å². The van der Waals surface area contributed by atoms with Gasteiger partial charge in [0, 0.05) is 33.4 Å². The summed E-state index contributed by atoms with van der Waals surface area (Å²) < 4.78 is 1.02. The molecule has 8 heteroatoms. The fraction of sp³-hybridized carbons (Fsp3) is 0.364. The molecule has 1 N–H and O–H groups in total. The Kier molecular flexibility index (Phi) is 10.5. The van der Waals surface area contributed by atoms with Gasteiger partial charge in [0.2, 0.25) is 11.8 Å². The van der Waals surface area contributed by atoms with E-state index in [1.54, 1.807) is 23.1 Å². The van der Waals surface area contributed by atoms with Gasteiger partial charge in [-0.25, -0.2) is 0 Å². The summed E-state index contributed by atoms with van der Waals surface area (Å²) in [4.78, 5) is 27.4. The molecule has 0 heterocycles. The lowest BCUT2D eigenvalue weighted by molar-refractivity contribution is -0.139. The molecular weight excluding hydrogens is 507 g/mol. The first-order chi connectivity index (χ1) is 14.3. The largest absolute Gasteiger partial charge is 0.355 e. The zero-order valence-corrected chi connectivity index (χ0v) is 20.9. The maximum atomic E-state index is 13.1. The Morgan fingerprint density at radius 3 is 2.43 bits per heavy atom. The van der Waals surface area contributed by atoms with Crippen molar-refractivity contribution in [3.05, 3.63) is 68.1 Å². The van der Waals surface area contributed by atoms with Crippen LogP contribution in [-0.2, 0) is 21.9 Å². The van der Waals surface area contributed by atoms with Crippen molar-refractivity contribution in [2.24, 2.45) is 0 Å². The van der Waals surface area contributed by atoms with Gasteiger partial charge in [-0.3, -0.25) is 9.59 Å². The molecule has 2 aromatic carbocycles. The van der Waals surface area contributed by atoms with Gasteiger partial charge in [0.05, 0.1) is 5.75 Å². The van der Waals surface area contributed by atoms with Gasteiger partial charge in [0.25, 0.3) is 0 Å². The highest BCUT2D eigenvalue weighted by Gasteiger charge is 2.28. The lowest BCUT2D eigenvalue weighted by atomic mass is 10.1. The molecule has 2 aromatic rings. The average molecular weight is 532 g/mol. The van der Waals surface area contributed by atoms with Gasteiger partial charge < -0.3 is 10.2 Å². The Morgan fingerprint density at radius 2 is 1.83 bits per heavy atom. The highest BCUT2D eigenvalue weighted by Crippen LogP contribution is 2.24. The first-order valence-corrected chi connectivity index (χ1v) is 12.4. The molecule has 0 aromatic heterocycles. The molecule has 0 spiro atoms. The Labute approximate surface area is 200 Å². The molecule has 0 unspecified atom stereocenters. The molecule has 0 aliphatic carbocycles. The van der Waals surface area contributed by atoms with Gasteiger partial charge in [0.15, 0.2) is 0 Å². The summed E-state index contributed by atoms with van der Waals surface area (Å²) in [6.45, 7) is 4.53. The maximum absolute atomic E-state index is 13.1. The number of thioether (sulfide) groups is 1. The fourth-order valence-electron chi connectivity index (χ4n) is 2.96. The molecule has 2 rings (SSSR count). The molecular formula is C22H25BrCl2N2O2S. The van der Waals surface area contributed by atoms with Crippen molar-refractivity contribution in [1.29, 1.82) is 0 Å². The third-order valence-corrected chi connectivity index (χ3v) is 6.60. The van der Waals surface area contributed by atoms with Gasteiger partial charge in [-0.05, 0) is 48.7 Å². The zero-order chi connectivity index (χ0) is 22.1. The van der Waals surface area contributed by atoms with Crippen molar-refractivity contribution in [2.75, 3.05) is 12.3 Å². The first kappa shape index (κ1) is 25.1. The van der Waals surface area contributed by atoms with Crippen LogP contribution >= 0.6 is 50.9 Å². The van der Waals surface area contributed by atoms with E-state index in [9.17, 15) is 9.59 Å². The van der Waals surface area contributed by atoms with Gasteiger partial charge in [-0.1, -0.05) is 64.3 Å². The van der Waals surface area contributed by atoms with Crippen LogP contribution in [-0.4, -0.2) is 35.1 Å². The number of nitrogens with zero attached hydrogens (tertiary/aromatic N) is 1. The number of carbonyl (C=O) groups excluding carboxylic acids is 2. The van der Waals surface area contributed by atoms with E-state index in [0.29, 0.717) is 28.8 Å². The van der Waals surface area contributed by atoms with Gasteiger partial charge in [0.1, 0.15) is 6.04 Å². The minimum atomic E-state index is -0.558. The topological polar surface area (TPSA) is 49.4 Å². The first-order valence-electron chi connectivity index (χ1n) is 9.69. The average Bonchev–Trinajstić information content (AvgIpc) is 2.71. The molecule has 4 nitrogen and oxygen atoms in total. The monoisotopic (exact) mass is 530 g/mol. The predicted molar refractivity (Wildman–Crippen MR) is 130 cm³/mol. The molecule has 0 saturated carbocycles. The molecule has 30 heavy (non-hydrogen) atoms. The third-order valence-electron chi connectivity index (χ3n) is 4.50. The minimum absolute atomic E-state index is 0.0961. The van der Waals surface area contributed by atoms with Crippen LogP contribution < -0.4 is 5.32 Å². The molecule has 0 bridgehead atoms. The molecule has 0 saturated heterocycles. The second kappa shape index (κ2) is 12.6. The van der Waals surface area contributed by atoms with E-state index < -0.39 is 6.04 Å². The number of hydrogen-bond donors (Lipinski definition) is 1. The lowest BCUT2D eigenvalue weighted by Crippen LogP contribution is -2.49. The van der Waals surface area contributed by atoms with Crippen LogP contribution in [0.4, 0.5) is 0 Å². The van der Waals surface area contributed by atoms with Crippen LogP contribution in [0.3, 0.4) is 0 Å². The highest BCUT2D eigenvalue weighted by atomic mass is 79.9. The molecule has 0 fully saturated rings. The van der Waals surface area contributed by atoms with E-state index in [-0.39, 0.29) is 24.1 Å². The van der Waals surface area contributed by atoms with Crippen LogP contribution in [0.15, 0.2) is 46.9 Å². The van der Waals surface area contributed by atoms with Gasteiger partial charge in [-0.15, -0.1) is 11.8 Å². The van der Waals surface area contributed by atoms with Gasteiger partial charge in [-0.2, -0.15) is 0 Å². The Morgan fingerprint density at radius 1 is 1.13 bits per heavy atom. The summed E-state index contributed by atoms with van der Waals surface area (Å²) in [6.07, 6.45) is 0.514. The minimum Gasteiger partial charge on any atom is -0.355 e. The molecule has 0 aliphatic heterocycles. The summed E-state index contributed by atoms with van der Waals surface area (Å²) in [7, 11) is 0. The second-order valence-corrected chi connectivity index (χ2v) is 9.44. The van der Waals surface area contributed by atoms with Crippen molar-refractivity contribution in [1.82, 2.24) is 10.2 Å². The quantitative estimate of drug-likeness (QED) is 0.413. The molecule has 162 valence electrons. The summed E-state index contributed by atoms with van der Waals surface area (Å²) in [5, 5.41) is 3.84. The summed E-state index contributed by atoms with van der Waals surface area (Å²) in [6, 6.07) is 12.6. The Hall–Kier alpha value is -1.21. The molecule has 0 radical (unpaired) electrons. The number of amides is 2. The standard InChI is InChI=1S/C22H25BrCl2N2O2S/c1-3-20(22(29)26-4-2)27(12-16-7-10-18(24)11-19(16)25)21(28)14-30-13-15-5-8-17(23)9-6-15/h5-11,20H,3-4,12-14H2,1-2H3,(H,26,29)/t20-/m1/s1. The van der Waals surface area contributed by atoms with Crippen molar-refractivity contribution in [3.8, 4) is 0 Å². The normalized spacial score (nSPS) is 11.8. The van der Waals surface area contributed by atoms with E-state index >= 15 is 0 Å². The SMILES string of the molecule is CCNC(=O)[C@@H](CC)N(Cc1ccc(Cl)cc1Cl)C(=O)CSCc1ccc(Br)cc1. The molecule has 1 atom stereocenters. The molecule has 2 amide bonds. The second-order valence-electron chi connectivity index (χ2n) is 6.70. The predicted octanol–water partition coefficient (Wildman–Crippen LogP) is 5.93. The maximum Gasteiger partial charge on any atom is 0.242 e. The Bertz CT molecular complexity index is 865. The summed E-state index contributed by atoms with van der Waals surface area (Å²) >= 11 is 17.3. The van der Waals surface area contributed by atoms with Crippen molar-refractivity contribution < 1.29 is 9.59 Å². The number of likely N-dealkylation sites (N-methyl/N-ethyl adjacent to an activating group) is 1. The van der Waals surface area contributed by atoms with Crippen LogP contribution in [0.5, 0.6) is 0 Å². The van der Waals surface area contributed by atoms with E-state index in [4.69, 9.17) is 23.2 Å². The van der Waals surface area contributed by atoms with E-state index in [0.717, 1.165) is 15.6 Å².